The Kier molecular flexibility index (Phi) is 5.33. The lowest BCUT2D eigenvalue weighted by molar-refractivity contribution is -0.116. The molecule has 0 saturated carbocycles. The van der Waals surface area contributed by atoms with Gasteiger partial charge in [0.15, 0.2) is 0 Å². The zero-order valence-electron chi connectivity index (χ0n) is 15.5. The highest BCUT2D eigenvalue weighted by Gasteiger charge is 2.37. The van der Waals surface area contributed by atoms with Gasteiger partial charge in [0.25, 0.3) is 0 Å². The van der Waals surface area contributed by atoms with Crippen molar-refractivity contribution in [3.63, 3.8) is 0 Å². The normalized spacial score (nSPS) is 17.9. The van der Waals surface area contributed by atoms with Gasteiger partial charge < -0.3 is 15.5 Å². The second-order valence-corrected chi connectivity index (χ2v) is 7.92. The molecule has 2 N–H and O–H groups in total. The van der Waals surface area contributed by atoms with Crippen LogP contribution in [0.2, 0.25) is 5.02 Å². The number of thioether (sulfide) groups is 1. The average Bonchev–Trinajstić information content (AvgIpc) is 3.08. The highest BCUT2D eigenvalue weighted by atomic mass is 35.5. The molecule has 150 valence electrons. The first-order chi connectivity index (χ1) is 14.0. The predicted molar refractivity (Wildman–Crippen MR) is 110 cm³/mol. The van der Waals surface area contributed by atoms with Crippen LogP contribution in [0.1, 0.15) is 17.4 Å². The molecule has 1 aliphatic rings. The maximum absolute atomic E-state index is 13.2. The van der Waals surface area contributed by atoms with E-state index in [-0.39, 0.29) is 11.7 Å². The van der Waals surface area contributed by atoms with Crippen LogP contribution in [0.5, 0.6) is 5.75 Å². The fourth-order valence-corrected chi connectivity index (χ4v) is 4.42. The van der Waals surface area contributed by atoms with Crippen LogP contribution in [0.15, 0.2) is 47.6 Å². The number of nitrogens with one attached hydrogen (secondary N) is 2. The van der Waals surface area contributed by atoms with E-state index in [1.807, 2.05) is 13.0 Å². The topological polar surface area (TPSA) is 81.1 Å². The number of halogens is 2. The highest BCUT2D eigenvalue weighted by molar-refractivity contribution is 8.00. The number of hydrogen-bond donors (Lipinski definition) is 2. The Morgan fingerprint density at radius 1 is 1.28 bits per heavy atom. The molecule has 2 atom stereocenters. The molecule has 1 aliphatic heterocycles. The van der Waals surface area contributed by atoms with Crippen LogP contribution in [0.3, 0.4) is 0 Å². The van der Waals surface area contributed by atoms with Gasteiger partial charge in [-0.1, -0.05) is 29.4 Å². The summed E-state index contributed by atoms with van der Waals surface area (Å²) in [5.41, 5.74) is 4.62. The molecule has 1 aromatic heterocycles. The molecule has 2 aromatic carbocycles. The van der Waals surface area contributed by atoms with Crippen LogP contribution >= 0.6 is 23.4 Å². The zero-order valence-corrected chi connectivity index (χ0v) is 17.1. The molecule has 2 heterocycles. The molecule has 7 nitrogen and oxygen atoms in total. The molecule has 29 heavy (non-hydrogen) atoms. The summed E-state index contributed by atoms with van der Waals surface area (Å²) in [5.74, 6) is 0.603. The number of amides is 1. The number of anilines is 1. The monoisotopic (exact) mass is 433 g/mol. The molecule has 1 amide bonds. The summed E-state index contributed by atoms with van der Waals surface area (Å²) >= 11 is 7.60. The fourth-order valence-electron chi connectivity index (χ4n) is 3.03. The van der Waals surface area contributed by atoms with Gasteiger partial charge in [-0.2, -0.15) is 0 Å². The second-order valence-electron chi connectivity index (χ2n) is 6.40. The molecule has 0 saturated heterocycles. The quantitative estimate of drug-likeness (QED) is 0.651. The van der Waals surface area contributed by atoms with Crippen LogP contribution < -0.4 is 15.5 Å². The van der Waals surface area contributed by atoms with E-state index in [2.05, 4.69) is 20.9 Å². The van der Waals surface area contributed by atoms with E-state index in [0.29, 0.717) is 27.4 Å². The molecule has 10 heteroatoms. The van der Waals surface area contributed by atoms with Crippen LogP contribution in [-0.2, 0) is 4.79 Å². The molecule has 0 radical (unpaired) electrons. The predicted octanol–water partition coefficient (Wildman–Crippen LogP) is 3.79. The molecule has 0 fully saturated rings. The summed E-state index contributed by atoms with van der Waals surface area (Å²) in [6.45, 7) is 1.82. The van der Waals surface area contributed by atoms with Crippen molar-refractivity contribution in [3.8, 4) is 5.75 Å². The van der Waals surface area contributed by atoms with Gasteiger partial charge in [0.1, 0.15) is 22.6 Å². The Balaban J connectivity index is 1.67. The molecular formula is C19H17ClFN5O2S. The first-order valence-corrected chi connectivity index (χ1v) is 9.97. The maximum Gasteiger partial charge on any atom is 0.240 e. The van der Waals surface area contributed by atoms with Crippen LogP contribution in [0.25, 0.3) is 0 Å². The van der Waals surface area contributed by atoms with E-state index < -0.39 is 11.3 Å². The average molecular weight is 434 g/mol. The van der Waals surface area contributed by atoms with E-state index in [1.165, 1.54) is 36.0 Å². The SMILES string of the molecule is COc1ccc([C@@H]2Nn3c(C)nnc3S[C@H]2C(=O)Nc2ccc(F)cc2)cc1Cl. The van der Waals surface area contributed by atoms with Gasteiger partial charge in [-0.25, -0.2) is 9.07 Å². The van der Waals surface area contributed by atoms with Gasteiger partial charge in [0.05, 0.1) is 18.2 Å². The van der Waals surface area contributed by atoms with E-state index in [4.69, 9.17) is 16.3 Å². The Bertz CT molecular complexity index is 1060. The number of benzene rings is 2. The second kappa shape index (κ2) is 7.92. The Hall–Kier alpha value is -2.78. The van der Waals surface area contributed by atoms with E-state index in [9.17, 15) is 9.18 Å². The molecule has 0 bridgehead atoms. The molecule has 0 aliphatic carbocycles. The summed E-state index contributed by atoms with van der Waals surface area (Å²) in [6, 6.07) is 10.6. The minimum atomic E-state index is -0.569. The fraction of sp³-hybridized carbons (Fsp3) is 0.211. The number of rotatable bonds is 4. The van der Waals surface area contributed by atoms with Crippen molar-refractivity contribution in [3.05, 3.63) is 64.7 Å². The van der Waals surface area contributed by atoms with Gasteiger partial charge in [-0.05, 0) is 48.9 Å². The first kappa shape index (κ1) is 19.5. The van der Waals surface area contributed by atoms with E-state index >= 15 is 0 Å². The number of methoxy groups -OCH3 is 1. The summed E-state index contributed by atoms with van der Waals surface area (Å²) < 4.78 is 20.1. The van der Waals surface area contributed by atoms with Gasteiger partial charge >= 0.3 is 0 Å². The smallest absolute Gasteiger partial charge is 0.240 e. The van der Waals surface area contributed by atoms with Crippen molar-refractivity contribution < 1.29 is 13.9 Å². The largest absolute Gasteiger partial charge is 0.495 e. The van der Waals surface area contributed by atoms with Crippen molar-refractivity contribution in [1.82, 2.24) is 14.9 Å². The Morgan fingerprint density at radius 2 is 2.03 bits per heavy atom. The minimum absolute atomic E-state index is 0.252. The highest BCUT2D eigenvalue weighted by Crippen LogP contribution is 2.39. The summed E-state index contributed by atoms with van der Waals surface area (Å²) in [6.07, 6.45) is 0. The van der Waals surface area contributed by atoms with Crippen molar-refractivity contribution in [2.75, 3.05) is 17.9 Å². The third kappa shape index (κ3) is 3.88. The summed E-state index contributed by atoms with van der Waals surface area (Å²) in [4.78, 5) is 13.1. The number of carbonyl (C=O) groups is 1. The Morgan fingerprint density at radius 3 is 2.72 bits per heavy atom. The van der Waals surface area contributed by atoms with E-state index in [1.54, 1.807) is 23.9 Å². The molecule has 0 spiro atoms. The lowest BCUT2D eigenvalue weighted by Gasteiger charge is -2.33. The number of nitrogens with zero attached hydrogens (tertiary/aromatic N) is 3. The number of fused-ring (bicyclic) bond motifs is 1. The molecular weight excluding hydrogens is 417 g/mol. The third-order valence-corrected chi connectivity index (χ3v) is 6.01. The van der Waals surface area contributed by atoms with Crippen LogP contribution in [-0.4, -0.2) is 33.1 Å². The summed E-state index contributed by atoms with van der Waals surface area (Å²) in [7, 11) is 1.54. The van der Waals surface area contributed by atoms with Gasteiger partial charge in [-0.3, -0.25) is 4.79 Å². The molecule has 0 unspecified atom stereocenters. The van der Waals surface area contributed by atoms with Crippen LogP contribution in [0, 0.1) is 12.7 Å². The number of aryl methyl sites for hydroxylation is 1. The van der Waals surface area contributed by atoms with Crippen LogP contribution in [0.4, 0.5) is 10.1 Å². The lowest BCUT2D eigenvalue weighted by atomic mass is 10.0. The third-order valence-electron chi connectivity index (χ3n) is 4.50. The molecule has 4 rings (SSSR count). The van der Waals surface area contributed by atoms with Crippen molar-refractivity contribution in [2.45, 2.75) is 23.4 Å². The van der Waals surface area contributed by atoms with Crippen molar-refractivity contribution >= 4 is 35.0 Å². The van der Waals surface area contributed by atoms with E-state index in [0.717, 1.165) is 5.56 Å². The Labute approximate surface area is 175 Å². The first-order valence-electron chi connectivity index (χ1n) is 8.71. The maximum atomic E-state index is 13.2. The van der Waals surface area contributed by atoms with Gasteiger partial charge in [0.2, 0.25) is 11.1 Å². The molecule has 3 aromatic rings. The number of aromatic nitrogens is 3. The van der Waals surface area contributed by atoms with Gasteiger partial charge in [-0.15, -0.1) is 10.2 Å². The zero-order chi connectivity index (χ0) is 20.5. The number of hydrogen-bond acceptors (Lipinski definition) is 6. The number of ether oxygens (including phenoxy) is 1. The minimum Gasteiger partial charge on any atom is -0.495 e. The lowest BCUT2D eigenvalue weighted by Crippen LogP contribution is -2.41. The number of carbonyl (C=O) groups excluding carboxylic acids is 1. The van der Waals surface area contributed by atoms with Gasteiger partial charge in [0, 0.05) is 5.69 Å². The van der Waals surface area contributed by atoms with Crippen molar-refractivity contribution in [2.24, 2.45) is 0 Å². The summed E-state index contributed by atoms with van der Waals surface area (Å²) in [5, 5.41) is 11.5. The standard InChI is InChI=1S/C19H17ClFN5O2S/c1-10-23-24-19-26(10)25-16(11-3-8-15(28-2)14(20)9-11)17(29-19)18(27)22-13-6-4-12(21)5-7-13/h3-9,16-17,25H,1-2H3,(H,22,27)/t16-,17+/m0/s1. The van der Waals surface area contributed by atoms with Crippen molar-refractivity contribution in [1.29, 1.82) is 0 Å².